The summed E-state index contributed by atoms with van der Waals surface area (Å²) in [6.07, 6.45) is 0.471. The molecule has 0 aliphatic rings. The highest BCUT2D eigenvalue weighted by molar-refractivity contribution is 6.30. The van der Waals surface area contributed by atoms with Gasteiger partial charge < -0.3 is 10.2 Å². The van der Waals surface area contributed by atoms with Crippen molar-refractivity contribution in [1.29, 1.82) is 0 Å². The van der Waals surface area contributed by atoms with Crippen molar-refractivity contribution in [1.82, 2.24) is 30.4 Å². The molecule has 8 nitrogen and oxygen atoms in total. The summed E-state index contributed by atoms with van der Waals surface area (Å²) in [5, 5.41) is 15.9. The van der Waals surface area contributed by atoms with E-state index >= 15 is 0 Å². The molecule has 0 fully saturated rings. The summed E-state index contributed by atoms with van der Waals surface area (Å²) < 4.78 is 13.2. The zero-order valence-electron chi connectivity index (χ0n) is 21.2. The van der Waals surface area contributed by atoms with E-state index < -0.39 is 11.6 Å². The third-order valence-corrected chi connectivity index (χ3v) is 5.76. The summed E-state index contributed by atoms with van der Waals surface area (Å²) in [6.45, 7) is 9.73. The molecule has 10 heteroatoms. The molecule has 3 aromatic rings. The first-order valence-electron chi connectivity index (χ1n) is 11.8. The summed E-state index contributed by atoms with van der Waals surface area (Å²) >= 11 is 5.95. The van der Waals surface area contributed by atoms with Gasteiger partial charge in [-0.3, -0.25) is 9.59 Å². The molecule has 1 N–H and O–H groups in total. The molecule has 3 rings (SSSR count). The van der Waals surface area contributed by atoms with Crippen molar-refractivity contribution in [3.8, 4) is 11.4 Å². The number of rotatable bonds is 9. The highest BCUT2D eigenvalue weighted by Gasteiger charge is 2.37. The van der Waals surface area contributed by atoms with Crippen LogP contribution in [-0.4, -0.2) is 48.5 Å². The van der Waals surface area contributed by atoms with Gasteiger partial charge in [0, 0.05) is 22.7 Å². The van der Waals surface area contributed by atoms with Gasteiger partial charge in [0.05, 0.1) is 0 Å². The third kappa shape index (κ3) is 7.34. The largest absolute Gasteiger partial charge is 0.350 e. The Kier molecular flexibility index (Phi) is 8.79. The lowest BCUT2D eigenvalue weighted by molar-refractivity contribution is -0.148. The average molecular weight is 515 g/mol. The van der Waals surface area contributed by atoms with Crippen molar-refractivity contribution < 1.29 is 14.0 Å². The van der Waals surface area contributed by atoms with Crippen molar-refractivity contribution in [3.63, 3.8) is 0 Å². The smallest absolute Gasteiger partial charge is 0.247 e. The van der Waals surface area contributed by atoms with Gasteiger partial charge in [-0.25, -0.2) is 4.39 Å². The Labute approximate surface area is 215 Å². The van der Waals surface area contributed by atoms with Gasteiger partial charge in [-0.2, -0.15) is 4.80 Å². The minimum absolute atomic E-state index is 0.158. The van der Waals surface area contributed by atoms with Crippen LogP contribution in [0.3, 0.4) is 0 Å². The molecule has 2 aromatic carbocycles. The molecular weight excluding hydrogens is 483 g/mol. The second-order valence-electron chi connectivity index (χ2n) is 10.1. The zero-order chi connectivity index (χ0) is 26.5. The lowest BCUT2D eigenvalue weighted by Crippen LogP contribution is -2.58. The standard InChI is InChI=1S/C26H32ClFN6O2/c1-17(2)14-22(25(36)29-15-18-6-12-21(28)13-7-18)34(26(3,4)5)23(35)16-33-31-24(30-32-33)19-8-10-20(27)11-9-19/h6-13,17,22H,14-16H2,1-5H3,(H,29,36)/t22-/m0/s1. The van der Waals surface area contributed by atoms with Crippen LogP contribution in [0.2, 0.25) is 5.02 Å². The van der Waals surface area contributed by atoms with Gasteiger partial charge in [0.25, 0.3) is 0 Å². The number of tetrazole rings is 1. The first kappa shape index (κ1) is 27.3. The summed E-state index contributed by atoms with van der Waals surface area (Å²) in [6, 6.07) is 12.2. The molecule has 192 valence electrons. The lowest BCUT2D eigenvalue weighted by Gasteiger charge is -2.41. The number of carbonyl (C=O) groups excluding carboxylic acids is 2. The molecule has 0 saturated heterocycles. The number of nitrogens with one attached hydrogen (secondary N) is 1. The molecule has 36 heavy (non-hydrogen) atoms. The van der Waals surface area contributed by atoms with Crippen LogP contribution in [0.25, 0.3) is 11.4 Å². The third-order valence-electron chi connectivity index (χ3n) is 5.51. The fourth-order valence-electron chi connectivity index (χ4n) is 3.92. The van der Waals surface area contributed by atoms with E-state index in [1.165, 1.54) is 16.9 Å². The van der Waals surface area contributed by atoms with Gasteiger partial charge in [-0.15, -0.1) is 10.2 Å². The molecule has 0 unspecified atom stereocenters. The topological polar surface area (TPSA) is 93.0 Å². The van der Waals surface area contributed by atoms with Crippen LogP contribution in [0.4, 0.5) is 4.39 Å². The quantitative estimate of drug-likeness (QED) is 0.454. The minimum atomic E-state index is -0.711. The van der Waals surface area contributed by atoms with E-state index in [1.807, 2.05) is 34.6 Å². The molecule has 0 spiro atoms. The van der Waals surface area contributed by atoms with Crippen LogP contribution in [0.5, 0.6) is 0 Å². The summed E-state index contributed by atoms with van der Waals surface area (Å²) in [4.78, 5) is 29.7. The van der Waals surface area contributed by atoms with Crippen LogP contribution in [0.15, 0.2) is 48.5 Å². The molecule has 1 heterocycles. The van der Waals surface area contributed by atoms with E-state index in [0.29, 0.717) is 17.3 Å². The maximum absolute atomic E-state index is 13.5. The fourth-order valence-corrected chi connectivity index (χ4v) is 4.05. The summed E-state index contributed by atoms with van der Waals surface area (Å²) in [5.74, 6) is -0.384. The molecule has 0 radical (unpaired) electrons. The van der Waals surface area contributed by atoms with Crippen molar-refractivity contribution >= 4 is 23.4 Å². The highest BCUT2D eigenvalue weighted by Crippen LogP contribution is 2.23. The van der Waals surface area contributed by atoms with E-state index in [1.54, 1.807) is 41.3 Å². The van der Waals surface area contributed by atoms with E-state index in [0.717, 1.165) is 11.1 Å². The molecule has 0 aliphatic heterocycles. The zero-order valence-corrected chi connectivity index (χ0v) is 22.0. The van der Waals surface area contributed by atoms with Gasteiger partial charge >= 0.3 is 0 Å². The van der Waals surface area contributed by atoms with Crippen LogP contribution in [0.1, 0.15) is 46.6 Å². The molecule has 0 bridgehead atoms. The van der Waals surface area contributed by atoms with E-state index in [-0.39, 0.29) is 36.6 Å². The van der Waals surface area contributed by atoms with E-state index in [9.17, 15) is 14.0 Å². The van der Waals surface area contributed by atoms with Gasteiger partial charge in [-0.05, 0) is 80.3 Å². The van der Waals surface area contributed by atoms with E-state index in [4.69, 9.17) is 11.6 Å². The van der Waals surface area contributed by atoms with Gasteiger partial charge in [0.15, 0.2) is 0 Å². The molecule has 1 atom stereocenters. The highest BCUT2D eigenvalue weighted by atomic mass is 35.5. The maximum atomic E-state index is 13.5. The molecule has 0 saturated carbocycles. The Morgan fingerprint density at radius 2 is 1.72 bits per heavy atom. The van der Waals surface area contributed by atoms with Crippen LogP contribution in [-0.2, 0) is 22.7 Å². The Morgan fingerprint density at radius 3 is 2.31 bits per heavy atom. The first-order chi connectivity index (χ1) is 16.9. The van der Waals surface area contributed by atoms with Crippen molar-refractivity contribution in [2.24, 2.45) is 5.92 Å². The number of nitrogens with zero attached hydrogens (tertiary/aromatic N) is 5. The molecule has 2 amide bonds. The van der Waals surface area contributed by atoms with Crippen molar-refractivity contribution in [2.45, 2.75) is 65.7 Å². The molecule has 1 aromatic heterocycles. The Morgan fingerprint density at radius 1 is 1.08 bits per heavy atom. The van der Waals surface area contributed by atoms with Gasteiger partial charge in [0.1, 0.15) is 18.4 Å². The minimum Gasteiger partial charge on any atom is -0.350 e. The van der Waals surface area contributed by atoms with Gasteiger partial charge in [0.2, 0.25) is 17.6 Å². The number of amides is 2. The van der Waals surface area contributed by atoms with Crippen LogP contribution >= 0.6 is 11.6 Å². The first-order valence-corrected chi connectivity index (χ1v) is 12.2. The number of hydrogen-bond acceptors (Lipinski definition) is 5. The maximum Gasteiger partial charge on any atom is 0.247 e. The number of aromatic nitrogens is 4. The summed E-state index contributed by atoms with van der Waals surface area (Å²) in [5.41, 5.74) is 0.843. The average Bonchev–Trinajstić information content (AvgIpc) is 3.25. The predicted molar refractivity (Wildman–Crippen MR) is 136 cm³/mol. The normalized spacial score (nSPS) is 12.4. The fraction of sp³-hybridized carbons (Fsp3) is 0.423. The van der Waals surface area contributed by atoms with Crippen LogP contribution < -0.4 is 5.32 Å². The second kappa shape index (κ2) is 11.6. The van der Waals surface area contributed by atoms with Crippen LogP contribution in [0, 0.1) is 11.7 Å². The Hall–Kier alpha value is -3.33. The number of hydrogen-bond donors (Lipinski definition) is 1. The Bertz CT molecular complexity index is 1170. The number of carbonyl (C=O) groups is 2. The Balaban J connectivity index is 1.79. The number of benzene rings is 2. The SMILES string of the molecule is CC(C)C[C@@H](C(=O)NCc1ccc(F)cc1)N(C(=O)Cn1nnc(-c2ccc(Cl)cc2)n1)C(C)(C)C. The van der Waals surface area contributed by atoms with Gasteiger partial charge in [-0.1, -0.05) is 37.6 Å². The molecular formula is C26H32ClFN6O2. The summed E-state index contributed by atoms with van der Waals surface area (Å²) in [7, 11) is 0. The monoisotopic (exact) mass is 514 g/mol. The predicted octanol–water partition coefficient (Wildman–Crippen LogP) is 4.49. The van der Waals surface area contributed by atoms with Crippen molar-refractivity contribution in [3.05, 3.63) is 64.9 Å². The van der Waals surface area contributed by atoms with E-state index in [2.05, 4.69) is 20.7 Å². The molecule has 0 aliphatic carbocycles. The second-order valence-corrected chi connectivity index (χ2v) is 10.5. The number of halogens is 2. The lowest BCUT2D eigenvalue weighted by atomic mass is 9.95. The van der Waals surface area contributed by atoms with Crippen molar-refractivity contribution in [2.75, 3.05) is 0 Å².